The second-order valence-corrected chi connectivity index (χ2v) is 5.61. The van der Waals surface area contributed by atoms with E-state index in [4.69, 9.17) is 11.6 Å². The Morgan fingerprint density at radius 2 is 1.88 bits per heavy atom. The zero-order valence-corrected chi connectivity index (χ0v) is 13.9. The first-order valence-corrected chi connectivity index (χ1v) is 7.64. The van der Waals surface area contributed by atoms with Crippen molar-refractivity contribution in [2.45, 2.75) is 13.1 Å². The Morgan fingerprint density at radius 3 is 2.56 bits per heavy atom. The molecule has 2 rings (SSSR count). The summed E-state index contributed by atoms with van der Waals surface area (Å²) in [5.74, 6) is -0.487. The highest BCUT2D eigenvalue weighted by Crippen LogP contribution is 2.30. The number of carbonyl (C=O) groups excluding carboxylic acids is 1. The fourth-order valence-corrected chi connectivity index (χ4v) is 2.14. The van der Waals surface area contributed by atoms with Gasteiger partial charge in [-0.2, -0.15) is 18.3 Å². The predicted molar refractivity (Wildman–Crippen MR) is 91.7 cm³/mol. The van der Waals surface area contributed by atoms with Gasteiger partial charge in [0.15, 0.2) is 0 Å². The van der Waals surface area contributed by atoms with Crippen LogP contribution in [0.5, 0.6) is 0 Å². The molecule has 25 heavy (non-hydrogen) atoms. The second-order valence-electron chi connectivity index (χ2n) is 5.17. The van der Waals surface area contributed by atoms with Crippen LogP contribution in [-0.4, -0.2) is 18.2 Å². The summed E-state index contributed by atoms with van der Waals surface area (Å²) in [6.45, 7) is 1.49. The maximum Gasteiger partial charge on any atom is 0.416 e. The van der Waals surface area contributed by atoms with Gasteiger partial charge < -0.3 is 5.32 Å². The first-order valence-electron chi connectivity index (χ1n) is 7.26. The number of hydrogen-bond acceptors (Lipinski definition) is 3. The normalized spacial score (nSPS) is 12.0. The van der Waals surface area contributed by atoms with Crippen molar-refractivity contribution in [3.63, 3.8) is 0 Å². The summed E-state index contributed by atoms with van der Waals surface area (Å²) >= 11 is 5.88. The third kappa shape index (κ3) is 5.79. The monoisotopic (exact) mass is 369 g/mol. The highest BCUT2D eigenvalue weighted by atomic mass is 35.5. The van der Waals surface area contributed by atoms with Gasteiger partial charge in [0, 0.05) is 10.7 Å². The fraction of sp³-hybridized carbons (Fsp3) is 0.176. The lowest BCUT2D eigenvalue weighted by atomic mass is 10.1. The lowest BCUT2D eigenvalue weighted by Gasteiger charge is -2.10. The van der Waals surface area contributed by atoms with Gasteiger partial charge in [-0.3, -0.25) is 4.79 Å². The van der Waals surface area contributed by atoms with Crippen molar-refractivity contribution < 1.29 is 18.0 Å². The molecule has 0 saturated carbocycles. The van der Waals surface area contributed by atoms with Gasteiger partial charge in [-0.1, -0.05) is 29.8 Å². The Morgan fingerprint density at radius 1 is 1.16 bits per heavy atom. The second kappa shape index (κ2) is 8.02. The Balaban J connectivity index is 1.92. The van der Waals surface area contributed by atoms with Crippen molar-refractivity contribution in [3.05, 3.63) is 64.7 Å². The summed E-state index contributed by atoms with van der Waals surface area (Å²) in [4.78, 5) is 11.8. The maximum atomic E-state index is 12.6. The lowest BCUT2D eigenvalue weighted by Crippen LogP contribution is -2.26. The molecule has 0 bridgehead atoms. The summed E-state index contributed by atoms with van der Waals surface area (Å²) in [5, 5.41) is 7.12. The first-order chi connectivity index (χ1) is 11.8. The van der Waals surface area contributed by atoms with Crippen molar-refractivity contribution in [1.82, 2.24) is 5.43 Å². The van der Waals surface area contributed by atoms with E-state index in [1.54, 1.807) is 31.2 Å². The van der Waals surface area contributed by atoms with E-state index in [0.717, 1.165) is 17.7 Å². The molecular weight excluding hydrogens is 355 g/mol. The van der Waals surface area contributed by atoms with Gasteiger partial charge >= 0.3 is 6.18 Å². The summed E-state index contributed by atoms with van der Waals surface area (Å²) in [6, 6.07) is 11.6. The van der Waals surface area contributed by atoms with Gasteiger partial charge in [0.1, 0.15) is 0 Å². The molecular formula is C17H15ClF3N3O. The van der Waals surface area contributed by atoms with Crippen LogP contribution in [-0.2, 0) is 11.0 Å². The molecule has 4 nitrogen and oxygen atoms in total. The van der Waals surface area contributed by atoms with Crippen LogP contribution >= 0.6 is 11.6 Å². The highest BCUT2D eigenvalue weighted by Gasteiger charge is 2.30. The molecule has 8 heteroatoms. The summed E-state index contributed by atoms with van der Waals surface area (Å²) in [6.07, 6.45) is -4.43. The number of hydrogen-bond donors (Lipinski definition) is 2. The van der Waals surface area contributed by atoms with Crippen molar-refractivity contribution >= 4 is 28.9 Å². The van der Waals surface area contributed by atoms with Gasteiger partial charge in [-0.25, -0.2) is 5.43 Å². The number of benzene rings is 2. The highest BCUT2D eigenvalue weighted by molar-refractivity contribution is 6.31. The van der Waals surface area contributed by atoms with Crippen molar-refractivity contribution in [2.24, 2.45) is 5.10 Å². The van der Waals surface area contributed by atoms with Gasteiger partial charge in [0.2, 0.25) is 0 Å². The standard InChI is InChI=1S/C17H15ClF3N3O/c1-11(12-4-2-6-14(18)8-12)23-24-16(25)10-22-15-7-3-5-13(9-15)17(19,20)21/h2-9,22H,10H2,1H3,(H,24,25)/b23-11-. The number of nitrogens with zero attached hydrogens (tertiary/aromatic N) is 1. The predicted octanol–water partition coefficient (Wildman–Crippen LogP) is 4.31. The SMILES string of the molecule is C/C(=N/NC(=O)CNc1cccc(C(F)(F)F)c1)c1cccc(Cl)c1. The van der Waals surface area contributed by atoms with Gasteiger partial charge in [-0.05, 0) is 42.8 Å². The number of anilines is 1. The van der Waals surface area contributed by atoms with E-state index in [1.165, 1.54) is 12.1 Å². The molecule has 0 saturated heterocycles. The number of carbonyl (C=O) groups is 1. The topological polar surface area (TPSA) is 53.5 Å². The molecule has 0 heterocycles. The molecule has 0 unspecified atom stereocenters. The lowest BCUT2D eigenvalue weighted by molar-refractivity contribution is -0.137. The minimum absolute atomic E-state index is 0.195. The van der Waals surface area contributed by atoms with E-state index in [2.05, 4.69) is 15.8 Å². The van der Waals surface area contributed by atoms with Crippen LogP contribution in [0.4, 0.5) is 18.9 Å². The van der Waals surface area contributed by atoms with Crippen LogP contribution in [0.1, 0.15) is 18.1 Å². The molecule has 0 aromatic heterocycles. The number of alkyl halides is 3. The maximum absolute atomic E-state index is 12.6. The summed E-state index contributed by atoms with van der Waals surface area (Å²) in [7, 11) is 0. The largest absolute Gasteiger partial charge is 0.416 e. The van der Waals surface area contributed by atoms with Crippen molar-refractivity contribution in [1.29, 1.82) is 0 Å². The number of hydrazone groups is 1. The number of amides is 1. The third-order valence-corrected chi connectivity index (χ3v) is 3.47. The fourth-order valence-electron chi connectivity index (χ4n) is 1.95. The van der Waals surface area contributed by atoms with E-state index in [0.29, 0.717) is 10.7 Å². The summed E-state index contributed by atoms with van der Waals surface area (Å²) in [5.41, 5.74) is 3.05. The number of nitrogens with one attached hydrogen (secondary N) is 2. The van der Waals surface area contributed by atoms with Crippen LogP contribution in [0.3, 0.4) is 0 Å². The van der Waals surface area contributed by atoms with Crippen LogP contribution in [0.2, 0.25) is 5.02 Å². The average Bonchev–Trinajstić information content (AvgIpc) is 2.57. The van der Waals surface area contributed by atoms with E-state index in [-0.39, 0.29) is 12.2 Å². The smallest absolute Gasteiger partial charge is 0.376 e. The van der Waals surface area contributed by atoms with Gasteiger partial charge in [-0.15, -0.1) is 0 Å². The van der Waals surface area contributed by atoms with Crippen LogP contribution in [0.25, 0.3) is 0 Å². The molecule has 0 aliphatic heterocycles. The Kier molecular flexibility index (Phi) is 6.03. The van der Waals surface area contributed by atoms with Gasteiger partial charge in [0.25, 0.3) is 5.91 Å². The molecule has 132 valence electrons. The van der Waals surface area contributed by atoms with Crippen molar-refractivity contribution in [3.8, 4) is 0 Å². The molecule has 2 aromatic carbocycles. The molecule has 2 aromatic rings. The minimum Gasteiger partial charge on any atom is -0.376 e. The third-order valence-electron chi connectivity index (χ3n) is 3.23. The summed E-state index contributed by atoms with van der Waals surface area (Å²) < 4.78 is 37.9. The number of halogens is 4. The quantitative estimate of drug-likeness (QED) is 0.609. The van der Waals surface area contributed by atoms with E-state index in [9.17, 15) is 18.0 Å². The molecule has 0 fully saturated rings. The molecule has 0 spiro atoms. The zero-order chi connectivity index (χ0) is 18.4. The molecule has 0 radical (unpaired) electrons. The molecule has 1 amide bonds. The van der Waals surface area contributed by atoms with E-state index < -0.39 is 17.6 Å². The molecule has 2 N–H and O–H groups in total. The average molecular weight is 370 g/mol. The van der Waals surface area contributed by atoms with Crippen LogP contribution in [0.15, 0.2) is 53.6 Å². The van der Waals surface area contributed by atoms with E-state index >= 15 is 0 Å². The first kappa shape index (κ1) is 18.8. The van der Waals surface area contributed by atoms with E-state index in [1.807, 2.05) is 0 Å². The van der Waals surface area contributed by atoms with Crippen LogP contribution in [0, 0.1) is 0 Å². The molecule has 0 aliphatic rings. The van der Waals surface area contributed by atoms with Crippen molar-refractivity contribution in [2.75, 3.05) is 11.9 Å². The molecule has 0 aliphatic carbocycles. The van der Waals surface area contributed by atoms with Gasteiger partial charge in [0.05, 0.1) is 17.8 Å². The number of rotatable bonds is 5. The minimum atomic E-state index is -4.43. The molecule has 0 atom stereocenters. The Bertz CT molecular complexity index is 791. The zero-order valence-electron chi connectivity index (χ0n) is 13.2. The Hall–Kier alpha value is -2.54. The van der Waals surface area contributed by atoms with Crippen LogP contribution < -0.4 is 10.7 Å². The Labute approximate surface area is 147 Å².